The van der Waals surface area contributed by atoms with Crippen molar-refractivity contribution in [2.24, 2.45) is 22.0 Å². The van der Waals surface area contributed by atoms with Crippen molar-refractivity contribution in [3.05, 3.63) is 47.0 Å². The van der Waals surface area contributed by atoms with Crippen LogP contribution in [0.15, 0.2) is 34.5 Å². The Hall–Kier alpha value is -4.79. The molecule has 0 unspecified atom stereocenters. The highest BCUT2D eigenvalue weighted by molar-refractivity contribution is 6.10. The van der Waals surface area contributed by atoms with Gasteiger partial charge in [0.2, 0.25) is 0 Å². The van der Waals surface area contributed by atoms with Gasteiger partial charge in [0.25, 0.3) is 17.8 Å². The van der Waals surface area contributed by atoms with Crippen LogP contribution >= 0.6 is 0 Å². The Labute approximate surface area is 276 Å². The van der Waals surface area contributed by atoms with Crippen molar-refractivity contribution >= 4 is 40.8 Å². The first-order chi connectivity index (χ1) is 23.0. The molecule has 4 N–H and O–H groups in total. The smallest absolute Gasteiger partial charge is 0.300 e. The van der Waals surface area contributed by atoms with E-state index < -0.39 is 5.97 Å². The summed E-state index contributed by atoms with van der Waals surface area (Å²) in [5.41, 5.74) is 7.79. The maximum absolute atomic E-state index is 14.3. The number of nitrogens with one attached hydrogen (secondary N) is 3. The third-order valence-corrected chi connectivity index (χ3v) is 9.28. The van der Waals surface area contributed by atoms with Gasteiger partial charge < -0.3 is 29.7 Å². The van der Waals surface area contributed by atoms with Gasteiger partial charge in [-0.25, -0.2) is 19.6 Å². The summed E-state index contributed by atoms with van der Waals surface area (Å²) in [5, 5.41) is 18.7. The van der Waals surface area contributed by atoms with E-state index in [4.69, 9.17) is 19.4 Å². The number of anilines is 2. The lowest BCUT2D eigenvalue weighted by molar-refractivity contribution is -0.134. The van der Waals surface area contributed by atoms with Gasteiger partial charge in [0.05, 0.1) is 11.4 Å². The van der Waals surface area contributed by atoms with E-state index in [1.54, 1.807) is 13.0 Å². The molecule has 0 bridgehead atoms. The highest BCUT2D eigenvalue weighted by Gasteiger charge is 2.37. The molecular weight excluding hydrogens is 628 g/mol. The Morgan fingerprint density at radius 1 is 0.833 bits per heavy atom. The third-order valence-electron chi connectivity index (χ3n) is 9.28. The van der Waals surface area contributed by atoms with Gasteiger partial charge in [0.15, 0.2) is 11.7 Å². The first-order valence-electron chi connectivity index (χ1n) is 16.1. The molecule has 8 rings (SSSR count). The fourth-order valence-electron chi connectivity index (χ4n) is 6.30. The quantitative estimate of drug-likeness (QED) is 0.385. The molecule has 1 aliphatic carbocycles. The fraction of sp³-hybridized carbons (Fsp3) is 0.485. The van der Waals surface area contributed by atoms with Crippen LogP contribution in [0, 0.1) is 23.5 Å². The maximum atomic E-state index is 14.3. The van der Waals surface area contributed by atoms with E-state index in [2.05, 4.69) is 26.4 Å². The molecule has 256 valence electrons. The van der Waals surface area contributed by atoms with Gasteiger partial charge in [0.1, 0.15) is 48.4 Å². The Bertz CT molecular complexity index is 1560. The molecule has 6 aliphatic rings. The van der Waals surface area contributed by atoms with E-state index >= 15 is 0 Å². The molecule has 48 heavy (non-hydrogen) atoms. The summed E-state index contributed by atoms with van der Waals surface area (Å²) in [5.74, 6) is 1.64. The number of rotatable bonds is 4. The average Bonchev–Trinajstić information content (AvgIpc) is 3.00. The molecule has 0 aromatic heterocycles. The van der Waals surface area contributed by atoms with Crippen LogP contribution < -0.4 is 35.4 Å². The molecule has 15 heteroatoms. The Kier molecular flexibility index (Phi) is 9.49. The Balaban J connectivity index is 0.000000151. The zero-order valence-corrected chi connectivity index (χ0v) is 27.0. The number of hydrogen-bond donors (Lipinski definition) is 4. The zero-order chi connectivity index (χ0) is 34.1. The second kappa shape index (κ2) is 13.7. The minimum Gasteiger partial charge on any atom is -0.483 e. The fourth-order valence-corrected chi connectivity index (χ4v) is 6.30. The predicted molar refractivity (Wildman–Crippen MR) is 173 cm³/mol. The monoisotopic (exact) mass is 667 g/mol. The second-order valence-electron chi connectivity index (χ2n) is 12.7. The molecule has 2 aromatic rings. The number of hydrazone groups is 2. The van der Waals surface area contributed by atoms with Crippen LogP contribution in [-0.2, 0) is 27.2 Å². The van der Waals surface area contributed by atoms with Crippen LogP contribution in [0.25, 0.3) is 0 Å². The van der Waals surface area contributed by atoms with Crippen LogP contribution in [-0.4, -0.2) is 72.9 Å². The van der Waals surface area contributed by atoms with Crippen molar-refractivity contribution in [1.82, 2.24) is 16.2 Å². The number of halogens is 2. The number of carbonyl (C=O) groups is 3. The van der Waals surface area contributed by atoms with Gasteiger partial charge in [-0.1, -0.05) is 19.3 Å². The minimum absolute atomic E-state index is 0.165. The normalized spacial score (nSPS) is 22.3. The van der Waals surface area contributed by atoms with Crippen molar-refractivity contribution in [3.63, 3.8) is 0 Å². The van der Waals surface area contributed by atoms with E-state index in [0.29, 0.717) is 52.6 Å². The van der Waals surface area contributed by atoms with E-state index in [-0.39, 0.29) is 48.7 Å². The van der Waals surface area contributed by atoms with Crippen molar-refractivity contribution in [2.45, 2.75) is 65.0 Å². The number of nitrogens with zero attached hydrogens (tertiary/aromatic N) is 4. The summed E-state index contributed by atoms with van der Waals surface area (Å²) < 4.78 is 39.7. The maximum Gasteiger partial charge on any atom is 0.300 e. The van der Waals surface area contributed by atoms with Gasteiger partial charge in [-0.15, -0.1) is 0 Å². The van der Waals surface area contributed by atoms with Crippen molar-refractivity contribution in [3.8, 4) is 11.5 Å². The van der Waals surface area contributed by atoms with Crippen LogP contribution in [0.2, 0.25) is 0 Å². The lowest BCUT2D eigenvalue weighted by atomic mass is 9.81. The summed E-state index contributed by atoms with van der Waals surface area (Å²) in [6.07, 6.45) is 5.01. The summed E-state index contributed by atoms with van der Waals surface area (Å²) >= 11 is 0. The number of hydrogen-bond acceptors (Lipinski definition) is 10. The highest BCUT2D eigenvalue weighted by atomic mass is 19.1. The van der Waals surface area contributed by atoms with Gasteiger partial charge in [-0.3, -0.25) is 14.4 Å². The SMILES string of the molecule is CC(=O)O.C[C@H]1C(=O)NN=C2COc3cc(F)c(CC4CCC4)cc3N21.C[C@H]1C(=O)NN=C2COc3cc(F)c(CC4CNC4)cc3N21. The van der Waals surface area contributed by atoms with Gasteiger partial charge in [-0.05, 0) is 74.9 Å². The molecular formula is C33H39F2N7O6. The number of ether oxygens (including phenoxy) is 2. The number of amides is 2. The predicted octanol–water partition coefficient (Wildman–Crippen LogP) is 2.91. The van der Waals surface area contributed by atoms with Crippen LogP contribution in [0.1, 0.15) is 51.2 Å². The molecule has 1 saturated heterocycles. The average molecular weight is 668 g/mol. The van der Waals surface area contributed by atoms with Crippen molar-refractivity contribution in [1.29, 1.82) is 0 Å². The molecule has 0 spiro atoms. The van der Waals surface area contributed by atoms with Crippen LogP contribution in [0.3, 0.4) is 0 Å². The summed E-state index contributed by atoms with van der Waals surface area (Å²) in [7, 11) is 0. The molecule has 2 atom stereocenters. The molecule has 2 fully saturated rings. The summed E-state index contributed by atoms with van der Waals surface area (Å²) in [4.78, 5) is 36.4. The van der Waals surface area contributed by atoms with E-state index in [9.17, 15) is 18.4 Å². The molecule has 2 aromatic carbocycles. The molecule has 13 nitrogen and oxygen atoms in total. The van der Waals surface area contributed by atoms with Crippen LogP contribution in [0.4, 0.5) is 20.2 Å². The second-order valence-corrected chi connectivity index (χ2v) is 12.7. The topological polar surface area (TPSA) is 157 Å². The number of amidine groups is 2. The molecule has 1 saturated carbocycles. The summed E-state index contributed by atoms with van der Waals surface area (Å²) in [6, 6.07) is 5.72. The molecule has 5 aliphatic heterocycles. The van der Waals surface area contributed by atoms with Gasteiger partial charge in [0, 0.05) is 19.1 Å². The number of fused-ring (bicyclic) bond motifs is 6. The zero-order valence-electron chi connectivity index (χ0n) is 27.0. The van der Waals surface area contributed by atoms with E-state index in [1.165, 1.54) is 31.4 Å². The lowest BCUT2D eigenvalue weighted by Gasteiger charge is -2.38. The first-order valence-corrected chi connectivity index (χ1v) is 16.1. The standard InChI is InChI=1S/C16H18FN3O2.C15H17FN4O2.C2H4O2/c1-9-16(21)19-18-15-8-22-14-7-12(17)11(5-10-3-2-4-10)6-13(14)20(9)15;1-8-15(21)19-18-14-7-22-13-4-11(16)10(2-9-5-17-6-9)3-12(13)20(8)14;1-2(3)4/h6-7,9-10H,2-5,8H2,1H3,(H,19,21);3-4,8-9,17H,2,5-7H2,1H3,(H,19,21);1H3,(H,3,4)/t9-;8-;/m00./s1. The number of carboxylic acid groups (broad SMARTS) is 1. The van der Waals surface area contributed by atoms with Crippen molar-refractivity contribution in [2.75, 3.05) is 36.1 Å². The lowest BCUT2D eigenvalue weighted by Crippen LogP contribution is -2.55. The molecule has 0 radical (unpaired) electrons. The molecule has 5 heterocycles. The summed E-state index contributed by atoms with van der Waals surface area (Å²) in [6.45, 7) is 7.00. The highest BCUT2D eigenvalue weighted by Crippen LogP contribution is 2.40. The number of carbonyl (C=O) groups excluding carboxylic acids is 2. The van der Waals surface area contributed by atoms with Crippen molar-refractivity contribution < 1.29 is 37.7 Å². The largest absolute Gasteiger partial charge is 0.483 e. The Morgan fingerprint density at radius 2 is 1.27 bits per heavy atom. The van der Waals surface area contributed by atoms with Crippen LogP contribution in [0.5, 0.6) is 11.5 Å². The number of aliphatic carboxylic acids is 1. The van der Waals surface area contributed by atoms with E-state index in [0.717, 1.165) is 37.8 Å². The van der Waals surface area contributed by atoms with E-state index in [1.807, 2.05) is 22.8 Å². The number of carboxylic acids is 1. The van der Waals surface area contributed by atoms with Gasteiger partial charge in [-0.2, -0.15) is 10.2 Å². The minimum atomic E-state index is -0.833. The Morgan fingerprint density at radius 3 is 1.65 bits per heavy atom. The number of benzene rings is 2. The molecule has 2 amide bonds. The third kappa shape index (κ3) is 6.77. The van der Waals surface area contributed by atoms with Gasteiger partial charge >= 0.3 is 0 Å². The first kappa shape index (κ1) is 33.1.